The molecule has 5 amide bonds. The Kier molecular flexibility index (Phi) is 28.9. The van der Waals surface area contributed by atoms with Crippen LogP contribution in [-0.2, 0) is 60.8 Å². The molecule has 1 aliphatic carbocycles. The molecule has 2 saturated heterocycles. The summed E-state index contributed by atoms with van der Waals surface area (Å²) in [7, 11) is 0. The lowest BCUT2D eigenvalue weighted by Gasteiger charge is -2.37. The van der Waals surface area contributed by atoms with Gasteiger partial charge in [0.15, 0.2) is 11.8 Å². The van der Waals surface area contributed by atoms with Gasteiger partial charge in [-0.25, -0.2) is 4.79 Å². The molecule has 1 saturated carbocycles. The van der Waals surface area contributed by atoms with Crippen molar-refractivity contribution in [3.8, 4) is 0 Å². The van der Waals surface area contributed by atoms with E-state index in [-0.39, 0.29) is 96.2 Å². The van der Waals surface area contributed by atoms with Gasteiger partial charge in [0, 0.05) is 89.6 Å². The molecule has 85 heavy (non-hydrogen) atoms. The van der Waals surface area contributed by atoms with E-state index in [1.165, 1.54) is 49.6 Å². The summed E-state index contributed by atoms with van der Waals surface area (Å²) in [6.45, 7) is -1.96. The minimum atomic E-state index is -2.02. The predicted octanol–water partition coefficient (Wildman–Crippen LogP) is 1.03. The lowest BCUT2D eigenvalue weighted by Crippen LogP contribution is -2.53. The first-order chi connectivity index (χ1) is 40.6. The van der Waals surface area contributed by atoms with Gasteiger partial charge in [0.1, 0.15) is 6.04 Å². The summed E-state index contributed by atoms with van der Waals surface area (Å²) < 4.78 is 0. The van der Waals surface area contributed by atoms with Crippen LogP contribution in [-0.4, -0.2) is 241 Å². The maximum absolute atomic E-state index is 13.8. The Labute approximate surface area is 498 Å². The number of carbonyl (C=O) groups excluding carboxylic acids is 6. The Morgan fingerprint density at radius 3 is 1.84 bits per heavy atom. The average Bonchev–Trinajstić information content (AvgIpc) is 3.84. The van der Waals surface area contributed by atoms with Crippen LogP contribution in [0, 0.1) is 0 Å². The Hall–Kier alpha value is -7.33. The highest BCUT2D eigenvalue weighted by Gasteiger charge is 2.39. The quantitative estimate of drug-likeness (QED) is 0.0173. The number of hydrogen-bond acceptors (Lipinski definition) is 17. The SMILES string of the molecule is NC(CCCSC1CC(=O)N(CCCC(=O)C(NC(=O)CNC(=O)C(Cc2ccccc2)NC(=O)c2ccc(CC3CN(CC(=O)O)CCN(CC(=O)O)CCN(CC(=O)O)CCN3CC(=O)O)cc2)C(=O)O)C1=O)=NC1CCCCCCCC1. The smallest absolute Gasteiger partial charge is 0.334 e. The number of hydrogen-bond donors (Lipinski definition) is 9. The molecule has 3 aliphatic rings. The molecule has 0 bridgehead atoms. The molecule has 4 unspecified atom stereocenters. The number of thioether (sulfide) groups is 1. The van der Waals surface area contributed by atoms with Crippen LogP contribution in [0.5, 0.6) is 0 Å². The summed E-state index contributed by atoms with van der Waals surface area (Å²) >= 11 is 1.36. The van der Waals surface area contributed by atoms with Gasteiger partial charge in [-0.2, -0.15) is 0 Å². The number of aliphatic carboxylic acids is 5. The number of carbonyl (C=O) groups is 11. The second-order valence-electron chi connectivity index (χ2n) is 21.8. The highest BCUT2D eigenvalue weighted by atomic mass is 32.2. The van der Waals surface area contributed by atoms with Gasteiger partial charge < -0.3 is 47.2 Å². The lowest BCUT2D eigenvalue weighted by atomic mass is 10.0. The minimum Gasteiger partial charge on any atom is -0.480 e. The minimum absolute atomic E-state index is 0.00811. The number of benzene rings is 2. The fraction of sp³-hybridized carbons (Fsp3) is 0.586. The molecule has 4 atom stereocenters. The second kappa shape index (κ2) is 35.8. The van der Waals surface area contributed by atoms with Crippen LogP contribution in [0.25, 0.3) is 0 Å². The van der Waals surface area contributed by atoms with E-state index in [9.17, 15) is 78.3 Å². The van der Waals surface area contributed by atoms with Crippen LogP contribution < -0.4 is 21.7 Å². The van der Waals surface area contributed by atoms with Crippen molar-refractivity contribution in [2.75, 3.05) is 90.8 Å². The molecule has 2 aromatic carbocycles. The van der Waals surface area contributed by atoms with Crippen molar-refractivity contribution < 1.29 is 78.3 Å². The normalized spacial score (nSPS) is 19.4. The number of aliphatic imine (C=N–C) groups is 1. The summed E-state index contributed by atoms with van der Waals surface area (Å²) in [5.41, 5.74) is 7.59. The van der Waals surface area contributed by atoms with Crippen molar-refractivity contribution in [2.45, 2.75) is 126 Å². The molecule has 466 valence electrons. The first-order valence-electron chi connectivity index (χ1n) is 29.0. The monoisotopic (exact) mass is 1210 g/mol. The van der Waals surface area contributed by atoms with Gasteiger partial charge in [-0.1, -0.05) is 81.0 Å². The van der Waals surface area contributed by atoms with Crippen molar-refractivity contribution in [2.24, 2.45) is 10.7 Å². The van der Waals surface area contributed by atoms with Crippen molar-refractivity contribution in [3.63, 3.8) is 0 Å². The van der Waals surface area contributed by atoms with E-state index >= 15 is 0 Å². The highest BCUT2D eigenvalue weighted by Crippen LogP contribution is 2.27. The van der Waals surface area contributed by atoms with Gasteiger partial charge in [-0.15, -0.1) is 11.8 Å². The average molecular weight is 1210 g/mol. The highest BCUT2D eigenvalue weighted by molar-refractivity contribution is 8.00. The third-order valence-electron chi connectivity index (χ3n) is 15.0. The zero-order valence-corrected chi connectivity index (χ0v) is 48.8. The zero-order chi connectivity index (χ0) is 61.8. The number of carboxylic acid groups (broad SMARTS) is 5. The molecule has 27 heteroatoms. The largest absolute Gasteiger partial charge is 0.480 e. The molecule has 0 spiro atoms. The number of nitrogens with one attached hydrogen (secondary N) is 3. The van der Waals surface area contributed by atoms with Gasteiger partial charge in [-0.05, 0) is 61.1 Å². The first-order valence-corrected chi connectivity index (χ1v) is 30.0. The standard InChI is InChI=1S/C58H82N10O16S/c59-47(61-42-14-8-3-1-2-4-9-15-42)17-11-29-85-46-32-49(71)68(57(46)82)22-10-16-45(69)54(58(83)84)63-48(70)33-60-56(81)44(31-39-12-6-5-7-13-39)62-55(80)41-20-18-40(19-21-41)30-43-34-66(37-52(76)77)26-25-64(35-50(72)73)23-24-65(36-51(74)75)27-28-67(43)38-53(78)79/h5-7,12-13,18-21,42-44,46,54H,1-4,8-11,14-17,22-38H2,(H2,59,61)(H,60,81)(H,62,80)(H,63,70)(H,72,73)(H,74,75)(H,76,77)(H,78,79)(H,83,84). The number of carboxylic acids is 5. The maximum atomic E-state index is 13.8. The van der Waals surface area contributed by atoms with Gasteiger partial charge in [0.2, 0.25) is 23.6 Å². The summed E-state index contributed by atoms with van der Waals surface area (Å²) in [5.74, 6) is -9.37. The van der Waals surface area contributed by atoms with E-state index in [2.05, 4.69) is 16.0 Å². The maximum Gasteiger partial charge on any atom is 0.334 e. The Balaban J connectivity index is 1.16. The van der Waals surface area contributed by atoms with Gasteiger partial charge >= 0.3 is 29.8 Å². The summed E-state index contributed by atoms with van der Waals surface area (Å²) in [6.07, 6.45) is 10.2. The number of nitrogens with two attached hydrogens (primary N) is 1. The van der Waals surface area contributed by atoms with E-state index < -0.39 is 121 Å². The molecule has 3 fully saturated rings. The van der Waals surface area contributed by atoms with Crippen LogP contribution in [0.1, 0.15) is 105 Å². The van der Waals surface area contributed by atoms with E-state index in [0.717, 1.165) is 30.6 Å². The number of likely N-dealkylation sites (tertiary alicyclic amines) is 1. The molecule has 2 aliphatic heterocycles. The van der Waals surface area contributed by atoms with Crippen molar-refractivity contribution >= 4 is 82.8 Å². The number of amidine groups is 1. The molecule has 0 aromatic heterocycles. The van der Waals surface area contributed by atoms with Gasteiger partial charge in [-0.3, -0.25) is 77.4 Å². The molecule has 2 aromatic rings. The van der Waals surface area contributed by atoms with Crippen LogP contribution in [0.2, 0.25) is 0 Å². The molecule has 2 heterocycles. The topological polar surface area (TPSA) is 380 Å². The summed E-state index contributed by atoms with van der Waals surface area (Å²) in [4.78, 5) is 152. The summed E-state index contributed by atoms with van der Waals surface area (Å²) in [5, 5.41) is 55.5. The molecule has 26 nitrogen and oxygen atoms in total. The fourth-order valence-corrected chi connectivity index (χ4v) is 11.7. The summed E-state index contributed by atoms with van der Waals surface area (Å²) in [6, 6.07) is 11.0. The van der Waals surface area contributed by atoms with E-state index in [1.807, 2.05) is 0 Å². The molecule has 0 radical (unpaired) electrons. The number of Topliss-reactive ketones (excluding diaryl/α,β-unsaturated/α-hetero) is 1. The van der Waals surface area contributed by atoms with Crippen molar-refractivity contribution in [1.82, 2.24) is 40.4 Å². The Bertz CT molecular complexity index is 2640. The molecule has 5 rings (SSSR count). The van der Waals surface area contributed by atoms with Crippen molar-refractivity contribution in [3.05, 3.63) is 71.3 Å². The third-order valence-corrected chi connectivity index (χ3v) is 16.3. The van der Waals surface area contributed by atoms with Crippen LogP contribution in [0.4, 0.5) is 0 Å². The number of ketones is 1. The zero-order valence-electron chi connectivity index (χ0n) is 48.0. The van der Waals surface area contributed by atoms with Crippen LogP contribution in [0.3, 0.4) is 0 Å². The lowest BCUT2D eigenvalue weighted by molar-refractivity contribution is -0.146. The van der Waals surface area contributed by atoms with E-state index in [4.69, 9.17) is 10.7 Å². The Morgan fingerprint density at radius 2 is 1.24 bits per heavy atom. The predicted molar refractivity (Wildman–Crippen MR) is 313 cm³/mol. The number of imide groups is 1. The van der Waals surface area contributed by atoms with Crippen LogP contribution in [0.15, 0.2) is 59.6 Å². The first kappa shape index (κ1) is 68.5. The van der Waals surface area contributed by atoms with Crippen molar-refractivity contribution in [1.29, 1.82) is 0 Å². The molecule has 10 N–H and O–H groups in total. The van der Waals surface area contributed by atoms with E-state index in [0.29, 0.717) is 35.6 Å². The third kappa shape index (κ3) is 25.0. The van der Waals surface area contributed by atoms with Gasteiger partial charge in [0.05, 0.1) is 49.9 Å². The number of nitrogens with zero attached hydrogens (tertiary/aromatic N) is 6. The van der Waals surface area contributed by atoms with Crippen LogP contribution >= 0.6 is 11.8 Å². The van der Waals surface area contributed by atoms with Gasteiger partial charge in [0.25, 0.3) is 5.91 Å². The number of amides is 5. The second-order valence-corrected chi connectivity index (χ2v) is 23.1. The number of rotatable bonds is 30. The fourth-order valence-electron chi connectivity index (χ4n) is 10.6. The Morgan fingerprint density at radius 1 is 0.659 bits per heavy atom. The van der Waals surface area contributed by atoms with E-state index in [1.54, 1.807) is 62.1 Å². The molecular formula is C58H82N10O16S. The molecular weight excluding hydrogens is 1120 g/mol.